The van der Waals surface area contributed by atoms with Crippen LogP contribution in [0.1, 0.15) is 32.1 Å². The van der Waals surface area contributed by atoms with Gasteiger partial charge in [0.2, 0.25) is 0 Å². The van der Waals surface area contributed by atoms with E-state index < -0.39 is 11.8 Å². The van der Waals surface area contributed by atoms with E-state index in [0.29, 0.717) is 33.5 Å². The SMILES string of the molecule is Cc1cc(C(=O)NNC(=O)c2cccnc2)c2c(C)nn(C)c2n1. The fourth-order valence-electron chi connectivity index (χ4n) is 2.50. The van der Waals surface area contributed by atoms with Gasteiger partial charge in [-0.3, -0.25) is 30.1 Å². The minimum absolute atomic E-state index is 0.353. The van der Waals surface area contributed by atoms with Crippen molar-refractivity contribution in [3.63, 3.8) is 0 Å². The zero-order valence-electron chi connectivity index (χ0n) is 13.5. The standard InChI is InChI=1S/C16H16N6O2/c1-9-7-12(13-10(2)21-22(3)14(13)18-9)16(24)20-19-15(23)11-5-4-6-17-8-11/h4-8H,1-3H3,(H,19,23)(H,20,24). The van der Waals surface area contributed by atoms with Crippen LogP contribution in [-0.4, -0.2) is 31.6 Å². The first kappa shape index (κ1) is 15.6. The van der Waals surface area contributed by atoms with Gasteiger partial charge < -0.3 is 0 Å². The van der Waals surface area contributed by atoms with Crippen LogP contribution in [0.15, 0.2) is 30.6 Å². The zero-order valence-corrected chi connectivity index (χ0v) is 13.5. The number of hydrogen-bond donors (Lipinski definition) is 2. The second-order valence-electron chi connectivity index (χ2n) is 5.37. The molecule has 3 aromatic rings. The summed E-state index contributed by atoms with van der Waals surface area (Å²) in [5.74, 6) is -0.875. The molecule has 0 unspecified atom stereocenters. The third-order valence-corrected chi connectivity index (χ3v) is 3.55. The molecular formula is C16H16N6O2. The highest BCUT2D eigenvalue weighted by Crippen LogP contribution is 2.21. The van der Waals surface area contributed by atoms with Crippen LogP contribution in [0, 0.1) is 13.8 Å². The van der Waals surface area contributed by atoms with E-state index in [1.165, 1.54) is 6.20 Å². The number of fused-ring (bicyclic) bond motifs is 1. The summed E-state index contributed by atoms with van der Waals surface area (Å²) in [4.78, 5) is 32.8. The third kappa shape index (κ3) is 2.81. The quantitative estimate of drug-likeness (QED) is 0.686. The summed E-state index contributed by atoms with van der Waals surface area (Å²) < 4.78 is 1.63. The molecule has 0 fully saturated rings. The number of hydrazine groups is 1. The van der Waals surface area contributed by atoms with Gasteiger partial charge in [-0.05, 0) is 32.0 Å². The molecule has 0 radical (unpaired) electrons. The molecule has 0 spiro atoms. The second-order valence-corrected chi connectivity index (χ2v) is 5.37. The molecule has 3 heterocycles. The Bertz CT molecular complexity index is 933. The minimum Gasteiger partial charge on any atom is -0.267 e. The van der Waals surface area contributed by atoms with Gasteiger partial charge in [0.25, 0.3) is 11.8 Å². The molecule has 0 aliphatic heterocycles. The summed E-state index contributed by atoms with van der Waals surface area (Å²) in [6.07, 6.45) is 2.98. The van der Waals surface area contributed by atoms with Crippen molar-refractivity contribution in [2.75, 3.05) is 0 Å². The van der Waals surface area contributed by atoms with Crippen LogP contribution in [0.5, 0.6) is 0 Å². The number of rotatable bonds is 2. The van der Waals surface area contributed by atoms with Gasteiger partial charge in [-0.2, -0.15) is 5.10 Å². The number of hydrogen-bond acceptors (Lipinski definition) is 5. The predicted octanol–water partition coefficient (Wildman–Crippen LogP) is 1.05. The normalized spacial score (nSPS) is 10.6. The molecule has 3 aromatic heterocycles. The molecule has 0 atom stereocenters. The summed E-state index contributed by atoms with van der Waals surface area (Å²) >= 11 is 0. The van der Waals surface area contributed by atoms with Gasteiger partial charge in [-0.1, -0.05) is 0 Å². The molecule has 8 heteroatoms. The van der Waals surface area contributed by atoms with E-state index in [1.54, 1.807) is 43.0 Å². The lowest BCUT2D eigenvalue weighted by Crippen LogP contribution is -2.41. The Balaban J connectivity index is 1.86. The van der Waals surface area contributed by atoms with Crippen molar-refractivity contribution in [3.8, 4) is 0 Å². The molecule has 8 nitrogen and oxygen atoms in total. The van der Waals surface area contributed by atoms with E-state index in [9.17, 15) is 9.59 Å². The van der Waals surface area contributed by atoms with Crippen LogP contribution in [0.3, 0.4) is 0 Å². The molecule has 0 aromatic carbocycles. The summed E-state index contributed by atoms with van der Waals surface area (Å²) in [6.45, 7) is 3.61. The van der Waals surface area contributed by atoms with Crippen molar-refractivity contribution in [2.24, 2.45) is 7.05 Å². The van der Waals surface area contributed by atoms with Crippen molar-refractivity contribution in [3.05, 3.63) is 53.1 Å². The summed E-state index contributed by atoms with van der Waals surface area (Å²) in [6, 6.07) is 4.92. The fraction of sp³-hybridized carbons (Fsp3) is 0.188. The molecule has 3 rings (SSSR count). The molecule has 0 aliphatic rings. The average Bonchev–Trinajstić information content (AvgIpc) is 2.86. The van der Waals surface area contributed by atoms with Crippen LogP contribution in [0.4, 0.5) is 0 Å². The molecular weight excluding hydrogens is 308 g/mol. The Labute approximate surface area is 137 Å². The first-order chi connectivity index (χ1) is 11.5. The number of aryl methyl sites for hydroxylation is 3. The van der Waals surface area contributed by atoms with E-state index in [1.807, 2.05) is 6.92 Å². The first-order valence-electron chi connectivity index (χ1n) is 7.29. The third-order valence-electron chi connectivity index (χ3n) is 3.55. The maximum atomic E-state index is 12.5. The van der Waals surface area contributed by atoms with Gasteiger partial charge in [-0.15, -0.1) is 0 Å². The minimum atomic E-state index is -0.443. The zero-order chi connectivity index (χ0) is 17.3. The van der Waals surface area contributed by atoms with Crippen molar-refractivity contribution in [1.29, 1.82) is 0 Å². The topological polar surface area (TPSA) is 102 Å². The number of aromatic nitrogens is 4. The Morgan fingerprint density at radius 1 is 1.17 bits per heavy atom. The average molecular weight is 324 g/mol. The summed E-state index contributed by atoms with van der Waals surface area (Å²) in [7, 11) is 1.77. The molecule has 2 amide bonds. The number of carbonyl (C=O) groups is 2. The van der Waals surface area contributed by atoms with E-state index in [2.05, 4.69) is 25.9 Å². The van der Waals surface area contributed by atoms with E-state index in [4.69, 9.17) is 0 Å². The molecule has 0 saturated heterocycles. The number of carbonyl (C=O) groups excluding carboxylic acids is 2. The lowest BCUT2D eigenvalue weighted by atomic mass is 10.1. The van der Waals surface area contributed by atoms with Crippen molar-refractivity contribution in [2.45, 2.75) is 13.8 Å². The Morgan fingerprint density at radius 3 is 2.62 bits per heavy atom. The number of amides is 2. The molecule has 0 aliphatic carbocycles. The predicted molar refractivity (Wildman–Crippen MR) is 87.2 cm³/mol. The summed E-state index contributed by atoms with van der Waals surface area (Å²) in [5, 5.41) is 4.96. The lowest BCUT2D eigenvalue weighted by molar-refractivity contribution is 0.0847. The highest BCUT2D eigenvalue weighted by atomic mass is 16.2. The largest absolute Gasteiger partial charge is 0.271 e. The molecule has 2 N–H and O–H groups in total. The van der Waals surface area contributed by atoms with Crippen molar-refractivity contribution >= 4 is 22.8 Å². The maximum absolute atomic E-state index is 12.5. The van der Waals surface area contributed by atoms with Gasteiger partial charge in [0.15, 0.2) is 5.65 Å². The highest BCUT2D eigenvalue weighted by molar-refractivity contribution is 6.07. The lowest BCUT2D eigenvalue weighted by Gasteiger charge is -2.09. The number of nitrogens with zero attached hydrogens (tertiary/aromatic N) is 4. The van der Waals surface area contributed by atoms with Crippen molar-refractivity contribution in [1.82, 2.24) is 30.6 Å². The molecule has 24 heavy (non-hydrogen) atoms. The van der Waals surface area contributed by atoms with Crippen molar-refractivity contribution < 1.29 is 9.59 Å². The van der Waals surface area contributed by atoms with Gasteiger partial charge >= 0.3 is 0 Å². The molecule has 0 saturated carbocycles. The fourth-order valence-corrected chi connectivity index (χ4v) is 2.50. The van der Waals surface area contributed by atoms with Gasteiger partial charge in [0.05, 0.1) is 22.2 Å². The Morgan fingerprint density at radius 2 is 1.92 bits per heavy atom. The molecule has 122 valence electrons. The Kier molecular flexibility index (Phi) is 3.95. The highest BCUT2D eigenvalue weighted by Gasteiger charge is 2.18. The first-order valence-corrected chi connectivity index (χ1v) is 7.29. The van der Waals surface area contributed by atoms with E-state index in [0.717, 1.165) is 0 Å². The van der Waals surface area contributed by atoms with Crippen LogP contribution in [-0.2, 0) is 7.05 Å². The van der Waals surface area contributed by atoms with Crippen LogP contribution < -0.4 is 10.9 Å². The number of nitrogens with one attached hydrogen (secondary N) is 2. The second kappa shape index (κ2) is 6.07. The van der Waals surface area contributed by atoms with Crippen LogP contribution >= 0.6 is 0 Å². The Hall–Kier alpha value is -3.29. The maximum Gasteiger partial charge on any atom is 0.271 e. The van der Waals surface area contributed by atoms with Gasteiger partial charge in [0, 0.05) is 25.1 Å². The van der Waals surface area contributed by atoms with E-state index in [-0.39, 0.29) is 0 Å². The number of pyridine rings is 2. The van der Waals surface area contributed by atoms with Crippen LogP contribution in [0.2, 0.25) is 0 Å². The smallest absolute Gasteiger partial charge is 0.267 e. The van der Waals surface area contributed by atoms with E-state index >= 15 is 0 Å². The monoisotopic (exact) mass is 324 g/mol. The van der Waals surface area contributed by atoms with Gasteiger partial charge in [0.1, 0.15) is 0 Å². The summed E-state index contributed by atoms with van der Waals surface area (Å²) in [5.41, 5.74) is 7.58. The van der Waals surface area contributed by atoms with Crippen LogP contribution in [0.25, 0.3) is 11.0 Å². The van der Waals surface area contributed by atoms with Gasteiger partial charge in [-0.25, -0.2) is 4.98 Å². The molecule has 0 bridgehead atoms.